The zero-order valence-corrected chi connectivity index (χ0v) is 50.5. The number of hydrogen-bond acceptors (Lipinski definition) is 3. The van der Waals surface area contributed by atoms with Gasteiger partial charge in [-0.3, -0.25) is 4.79 Å². The average molecular weight is 1030 g/mol. The third-order valence-corrected chi connectivity index (χ3v) is 16.5. The van der Waals surface area contributed by atoms with Gasteiger partial charge in [-0.25, -0.2) is 0 Å². The Bertz CT molecular complexity index is 1030. The summed E-state index contributed by atoms with van der Waals surface area (Å²) < 4.78 is 0. The Labute approximate surface area is 460 Å². The van der Waals surface area contributed by atoms with Crippen LogP contribution in [0, 0.1) is 0 Å². The molecule has 0 heterocycles. The van der Waals surface area contributed by atoms with Crippen LogP contribution >= 0.6 is 0 Å². The summed E-state index contributed by atoms with van der Waals surface area (Å²) in [6.07, 6.45) is 87.3. The van der Waals surface area contributed by atoms with Gasteiger partial charge in [0.15, 0.2) is 0 Å². The van der Waals surface area contributed by atoms with Gasteiger partial charge < -0.3 is 15.5 Å². The fourth-order valence-corrected chi connectivity index (χ4v) is 11.3. The minimum absolute atomic E-state index is 0.0531. The van der Waals surface area contributed by atoms with E-state index in [2.05, 4.69) is 19.2 Å². The number of unbranched alkanes of at least 4 members (excludes halogenated alkanes) is 58. The monoisotopic (exact) mass is 1030 g/mol. The van der Waals surface area contributed by atoms with Crippen molar-refractivity contribution < 1.29 is 15.0 Å². The van der Waals surface area contributed by atoms with Gasteiger partial charge in [0.2, 0.25) is 5.91 Å². The molecule has 0 saturated carbocycles. The van der Waals surface area contributed by atoms with Gasteiger partial charge in [-0.2, -0.15) is 0 Å². The van der Waals surface area contributed by atoms with Crippen LogP contribution in [0.2, 0.25) is 0 Å². The number of amides is 1. The van der Waals surface area contributed by atoms with Gasteiger partial charge in [-0.15, -0.1) is 0 Å². The molecule has 2 atom stereocenters. The van der Waals surface area contributed by atoms with Gasteiger partial charge in [0.25, 0.3) is 0 Å². The SMILES string of the molecule is CCCCCCCCCCCCCCCCCCCCCCCCCCCCCC/C=C/C(O)C(CO)NC(=O)CCCCCCCCCCCCCCCCCCCCCCCCCCCCCCCCC. The molecule has 0 aliphatic carbocycles. The van der Waals surface area contributed by atoms with E-state index < -0.39 is 12.1 Å². The quantitative estimate of drug-likeness (QED) is 0.0420. The van der Waals surface area contributed by atoms with Gasteiger partial charge in [0, 0.05) is 6.42 Å². The van der Waals surface area contributed by atoms with E-state index in [1.807, 2.05) is 6.08 Å². The maximum atomic E-state index is 12.5. The highest BCUT2D eigenvalue weighted by Gasteiger charge is 2.18. The molecule has 0 aromatic rings. The number of rotatable bonds is 65. The van der Waals surface area contributed by atoms with Gasteiger partial charge >= 0.3 is 0 Å². The molecule has 0 bridgehead atoms. The summed E-state index contributed by atoms with van der Waals surface area (Å²) in [6.45, 7) is 4.37. The predicted molar refractivity (Wildman–Crippen MR) is 327 cm³/mol. The summed E-state index contributed by atoms with van der Waals surface area (Å²) in [6, 6.07) is -0.620. The van der Waals surface area contributed by atoms with Crippen LogP contribution in [0.5, 0.6) is 0 Å². The molecule has 0 fully saturated rings. The molecular weight excluding hydrogens is 891 g/mol. The van der Waals surface area contributed by atoms with Crippen molar-refractivity contribution in [2.45, 2.75) is 418 Å². The highest BCUT2D eigenvalue weighted by Crippen LogP contribution is 2.20. The molecule has 0 rings (SSSR count). The first-order valence-corrected chi connectivity index (χ1v) is 34.4. The Morgan fingerprint density at radius 2 is 0.507 bits per heavy atom. The lowest BCUT2D eigenvalue weighted by Gasteiger charge is -2.20. The molecule has 1 amide bonds. The molecule has 4 nitrogen and oxygen atoms in total. The topological polar surface area (TPSA) is 69.6 Å². The van der Waals surface area contributed by atoms with Crippen LogP contribution < -0.4 is 5.32 Å². The Morgan fingerprint density at radius 3 is 0.712 bits per heavy atom. The molecule has 0 aliphatic heterocycles. The third kappa shape index (κ3) is 61.9. The Morgan fingerprint density at radius 1 is 0.315 bits per heavy atom. The summed E-state index contributed by atoms with van der Waals surface area (Å²) in [5, 5.41) is 23.3. The highest BCUT2D eigenvalue weighted by atomic mass is 16.3. The van der Waals surface area contributed by atoms with E-state index in [0.717, 1.165) is 25.7 Å². The van der Waals surface area contributed by atoms with Crippen LogP contribution in [0.1, 0.15) is 406 Å². The zero-order chi connectivity index (χ0) is 52.7. The van der Waals surface area contributed by atoms with Crippen LogP contribution in [0.3, 0.4) is 0 Å². The highest BCUT2D eigenvalue weighted by molar-refractivity contribution is 5.76. The Kier molecular flexibility index (Phi) is 64.6. The minimum atomic E-state index is -0.837. The van der Waals surface area contributed by atoms with E-state index in [1.165, 1.54) is 360 Å². The van der Waals surface area contributed by atoms with Crippen molar-refractivity contribution in [1.29, 1.82) is 0 Å². The maximum absolute atomic E-state index is 12.5. The summed E-state index contributed by atoms with van der Waals surface area (Å²) in [4.78, 5) is 12.5. The molecular formula is C69H137NO3. The number of hydrogen-bond donors (Lipinski definition) is 3. The number of allylic oxidation sites excluding steroid dienone is 1. The van der Waals surface area contributed by atoms with Gasteiger partial charge in [0.05, 0.1) is 18.8 Å². The van der Waals surface area contributed by atoms with Crippen molar-refractivity contribution in [3.05, 3.63) is 12.2 Å². The van der Waals surface area contributed by atoms with E-state index in [4.69, 9.17) is 0 Å². The molecule has 436 valence electrons. The smallest absolute Gasteiger partial charge is 0.220 e. The van der Waals surface area contributed by atoms with Crippen LogP contribution in [0.15, 0.2) is 12.2 Å². The molecule has 0 aromatic carbocycles. The summed E-state index contributed by atoms with van der Waals surface area (Å²) in [7, 11) is 0. The molecule has 0 aliphatic rings. The first-order chi connectivity index (χ1) is 36.2. The number of carbonyl (C=O) groups excluding carboxylic acids is 1. The van der Waals surface area contributed by atoms with Crippen LogP contribution in [0.25, 0.3) is 0 Å². The van der Waals surface area contributed by atoms with Crippen molar-refractivity contribution in [3.63, 3.8) is 0 Å². The second kappa shape index (κ2) is 65.4. The molecule has 0 saturated heterocycles. The molecule has 0 radical (unpaired) electrons. The van der Waals surface area contributed by atoms with Crippen LogP contribution in [-0.4, -0.2) is 34.9 Å². The largest absolute Gasteiger partial charge is 0.394 e. The Balaban J connectivity index is 3.40. The Hall–Kier alpha value is -0.870. The molecule has 73 heavy (non-hydrogen) atoms. The number of aliphatic hydroxyl groups is 2. The predicted octanol–water partition coefficient (Wildman–Crippen LogP) is 23.2. The molecule has 4 heteroatoms. The fourth-order valence-electron chi connectivity index (χ4n) is 11.3. The maximum Gasteiger partial charge on any atom is 0.220 e. The van der Waals surface area contributed by atoms with E-state index in [9.17, 15) is 15.0 Å². The number of carbonyl (C=O) groups is 1. The van der Waals surface area contributed by atoms with Crippen molar-refractivity contribution in [2.75, 3.05) is 6.61 Å². The van der Waals surface area contributed by atoms with Crippen LogP contribution in [0.4, 0.5) is 0 Å². The number of nitrogens with one attached hydrogen (secondary N) is 1. The van der Waals surface area contributed by atoms with Crippen molar-refractivity contribution in [2.24, 2.45) is 0 Å². The minimum Gasteiger partial charge on any atom is -0.394 e. The molecule has 3 N–H and O–H groups in total. The van der Waals surface area contributed by atoms with Gasteiger partial charge in [-0.1, -0.05) is 392 Å². The summed E-state index contributed by atoms with van der Waals surface area (Å²) >= 11 is 0. The van der Waals surface area contributed by atoms with E-state index in [0.29, 0.717) is 6.42 Å². The second-order valence-corrected chi connectivity index (χ2v) is 24.0. The van der Waals surface area contributed by atoms with E-state index >= 15 is 0 Å². The van der Waals surface area contributed by atoms with Gasteiger partial charge in [0.1, 0.15) is 0 Å². The second-order valence-electron chi connectivity index (χ2n) is 24.0. The molecule has 2 unspecified atom stereocenters. The summed E-state index contributed by atoms with van der Waals surface area (Å²) in [5.74, 6) is -0.0531. The third-order valence-electron chi connectivity index (χ3n) is 16.5. The lowest BCUT2D eigenvalue weighted by molar-refractivity contribution is -0.123. The normalized spacial score (nSPS) is 12.7. The average Bonchev–Trinajstić information content (AvgIpc) is 3.40. The lowest BCUT2D eigenvalue weighted by Crippen LogP contribution is -2.45. The van der Waals surface area contributed by atoms with Crippen molar-refractivity contribution in [1.82, 2.24) is 5.32 Å². The van der Waals surface area contributed by atoms with Gasteiger partial charge in [-0.05, 0) is 19.3 Å². The first-order valence-electron chi connectivity index (χ1n) is 34.4. The van der Waals surface area contributed by atoms with Crippen molar-refractivity contribution >= 4 is 5.91 Å². The molecule has 0 spiro atoms. The van der Waals surface area contributed by atoms with E-state index in [1.54, 1.807) is 6.08 Å². The fraction of sp³-hybridized carbons (Fsp3) is 0.957. The van der Waals surface area contributed by atoms with Crippen molar-refractivity contribution in [3.8, 4) is 0 Å². The first kappa shape index (κ1) is 72.1. The molecule has 0 aromatic heterocycles. The zero-order valence-electron chi connectivity index (χ0n) is 50.5. The number of aliphatic hydroxyl groups excluding tert-OH is 2. The van der Waals surface area contributed by atoms with E-state index in [-0.39, 0.29) is 12.5 Å². The standard InChI is InChI=1S/C69H137NO3/c1-3-5-7-9-11-13-15-17-19-21-23-25-27-29-31-33-35-37-39-41-43-45-47-49-51-53-55-57-59-61-63-65-69(73)70-67(66-71)68(72)64-62-60-58-56-54-52-50-48-46-44-42-40-38-36-34-32-30-28-26-24-22-20-18-16-14-12-10-8-6-4-2/h62,64,67-68,71-72H,3-61,63,65-66H2,1-2H3,(H,70,73)/b64-62+. The summed E-state index contributed by atoms with van der Waals surface area (Å²) in [5.41, 5.74) is 0. The van der Waals surface area contributed by atoms with Crippen LogP contribution in [-0.2, 0) is 4.79 Å². The lowest BCUT2D eigenvalue weighted by atomic mass is 10.0.